The second-order valence-corrected chi connectivity index (χ2v) is 5.57. The number of hydrogen-bond acceptors (Lipinski definition) is 6. The van der Waals surface area contributed by atoms with Crippen LogP contribution in [-0.4, -0.2) is 47.9 Å². The molecule has 0 radical (unpaired) electrons. The lowest BCUT2D eigenvalue weighted by molar-refractivity contribution is -0.0379. The van der Waals surface area contributed by atoms with Gasteiger partial charge in [-0.15, -0.1) is 0 Å². The average Bonchev–Trinajstić information content (AvgIpc) is 2.94. The van der Waals surface area contributed by atoms with E-state index in [1.165, 1.54) is 0 Å². The van der Waals surface area contributed by atoms with Crippen LogP contribution in [0.4, 0.5) is 0 Å². The van der Waals surface area contributed by atoms with Crippen LogP contribution >= 0.6 is 11.6 Å². The lowest BCUT2D eigenvalue weighted by Gasteiger charge is -2.31. The van der Waals surface area contributed by atoms with Gasteiger partial charge in [-0.3, -0.25) is 4.90 Å². The summed E-state index contributed by atoms with van der Waals surface area (Å²) in [5, 5.41) is 4.61. The van der Waals surface area contributed by atoms with Crippen LogP contribution < -0.4 is 4.74 Å². The Balaban J connectivity index is 1.48. The van der Waals surface area contributed by atoms with Gasteiger partial charge in [0.15, 0.2) is 0 Å². The molecule has 2 aromatic rings. The van der Waals surface area contributed by atoms with Gasteiger partial charge in [0.05, 0.1) is 6.61 Å². The summed E-state index contributed by atoms with van der Waals surface area (Å²) >= 11 is 5.93. The summed E-state index contributed by atoms with van der Waals surface area (Å²) in [6.07, 6.45) is -0.141. The Labute approximate surface area is 134 Å². The predicted molar refractivity (Wildman–Crippen MR) is 81.1 cm³/mol. The topological polar surface area (TPSA) is 60.6 Å². The number of hydrogen-bond donors (Lipinski definition) is 0. The van der Waals surface area contributed by atoms with Crippen molar-refractivity contribution >= 4 is 11.6 Å². The van der Waals surface area contributed by atoms with E-state index in [9.17, 15) is 0 Å². The molecule has 1 aliphatic rings. The molecule has 7 heteroatoms. The highest BCUT2D eigenvalue weighted by molar-refractivity contribution is 6.30. The van der Waals surface area contributed by atoms with Gasteiger partial charge < -0.3 is 14.0 Å². The van der Waals surface area contributed by atoms with Crippen molar-refractivity contribution in [3.8, 4) is 5.75 Å². The smallest absolute Gasteiger partial charge is 0.223 e. The first-order valence-corrected chi connectivity index (χ1v) is 7.61. The van der Waals surface area contributed by atoms with Gasteiger partial charge in [-0.2, -0.15) is 4.98 Å². The normalized spacial score (nSPS) is 19.3. The fourth-order valence-corrected chi connectivity index (χ4v) is 2.54. The largest absolute Gasteiger partial charge is 0.492 e. The molecule has 1 aromatic heterocycles. The fourth-order valence-electron chi connectivity index (χ4n) is 2.36. The van der Waals surface area contributed by atoms with Gasteiger partial charge >= 0.3 is 0 Å². The van der Waals surface area contributed by atoms with E-state index in [2.05, 4.69) is 15.0 Å². The maximum Gasteiger partial charge on any atom is 0.223 e. The van der Waals surface area contributed by atoms with Crippen LogP contribution in [0.15, 0.2) is 28.8 Å². The second kappa shape index (κ2) is 7.09. The van der Waals surface area contributed by atoms with Gasteiger partial charge in [-0.05, 0) is 18.2 Å². The highest BCUT2D eigenvalue weighted by atomic mass is 35.5. The Morgan fingerprint density at radius 2 is 2.36 bits per heavy atom. The van der Waals surface area contributed by atoms with Crippen LogP contribution in [0.2, 0.25) is 5.02 Å². The van der Waals surface area contributed by atoms with Gasteiger partial charge in [0, 0.05) is 31.6 Å². The summed E-state index contributed by atoms with van der Waals surface area (Å²) < 4.78 is 16.4. The first-order chi connectivity index (χ1) is 10.7. The molecule has 0 saturated carbocycles. The van der Waals surface area contributed by atoms with E-state index in [4.69, 9.17) is 25.6 Å². The lowest BCUT2D eigenvalue weighted by atomic mass is 10.2. The molecule has 6 nitrogen and oxygen atoms in total. The molecule has 0 amide bonds. The Bertz CT molecular complexity index is 620. The van der Waals surface area contributed by atoms with E-state index in [0.717, 1.165) is 25.4 Å². The molecule has 1 saturated heterocycles. The number of aryl methyl sites for hydroxylation is 1. The van der Waals surface area contributed by atoms with Crippen LogP contribution in [0.25, 0.3) is 0 Å². The quantitative estimate of drug-likeness (QED) is 0.842. The highest BCUT2D eigenvalue weighted by Gasteiger charge is 2.25. The van der Waals surface area contributed by atoms with E-state index < -0.39 is 0 Å². The first-order valence-electron chi connectivity index (χ1n) is 7.23. The molecule has 0 aliphatic carbocycles. The monoisotopic (exact) mass is 323 g/mol. The molecule has 118 valence electrons. The maximum absolute atomic E-state index is 5.93. The highest BCUT2D eigenvalue weighted by Crippen LogP contribution is 2.20. The van der Waals surface area contributed by atoms with Gasteiger partial charge in [0.25, 0.3) is 0 Å². The van der Waals surface area contributed by atoms with Crippen molar-refractivity contribution < 1.29 is 14.0 Å². The fraction of sp³-hybridized carbons (Fsp3) is 0.467. The van der Waals surface area contributed by atoms with Crippen molar-refractivity contribution in [1.29, 1.82) is 0 Å². The summed E-state index contributed by atoms with van der Waals surface area (Å²) in [4.78, 5) is 6.50. The molecular formula is C15H18ClN3O3. The number of rotatable bonds is 5. The summed E-state index contributed by atoms with van der Waals surface area (Å²) in [6.45, 7) is 5.43. The SMILES string of the molecule is Cc1nc(C2CN(CCOc3cccc(Cl)c3)CCO2)no1. The Hall–Kier alpha value is -1.63. The van der Waals surface area contributed by atoms with E-state index in [1.807, 2.05) is 24.3 Å². The predicted octanol–water partition coefficient (Wildman–Crippen LogP) is 2.48. The zero-order valence-corrected chi connectivity index (χ0v) is 13.1. The Kier molecular flexibility index (Phi) is 4.92. The van der Waals surface area contributed by atoms with Crippen molar-refractivity contribution in [2.24, 2.45) is 0 Å². The molecule has 22 heavy (non-hydrogen) atoms. The van der Waals surface area contributed by atoms with E-state index in [-0.39, 0.29) is 6.10 Å². The van der Waals surface area contributed by atoms with Crippen molar-refractivity contribution in [2.75, 3.05) is 32.8 Å². The van der Waals surface area contributed by atoms with Crippen LogP contribution in [0, 0.1) is 6.92 Å². The maximum atomic E-state index is 5.93. The van der Waals surface area contributed by atoms with Crippen molar-refractivity contribution in [2.45, 2.75) is 13.0 Å². The number of ether oxygens (including phenoxy) is 2. The van der Waals surface area contributed by atoms with Crippen LogP contribution in [-0.2, 0) is 4.74 Å². The van der Waals surface area contributed by atoms with Crippen molar-refractivity contribution in [3.63, 3.8) is 0 Å². The van der Waals surface area contributed by atoms with Gasteiger partial charge in [0.1, 0.15) is 18.5 Å². The molecule has 2 heterocycles. The van der Waals surface area contributed by atoms with E-state index in [0.29, 0.717) is 30.0 Å². The molecule has 0 N–H and O–H groups in total. The van der Waals surface area contributed by atoms with Crippen molar-refractivity contribution in [3.05, 3.63) is 41.0 Å². The standard InChI is InChI=1S/C15H18ClN3O3/c1-11-17-15(18-22-11)14-10-19(6-8-21-14)5-7-20-13-4-2-3-12(16)9-13/h2-4,9,14H,5-8,10H2,1H3. The molecule has 1 aliphatic heterocycles. The Morgan fingerprint density at radius 1 is 1.45 bits per heavy atom. The summed E-state index contributed by atoms with van der Waals surface area (Å²) in [5.74, 6) is 1.95. The third-order valence-electron chi connectivity index (χ3n) is 3.45. The third kappa shape index (κ3) is 3.97. The first kappa shape index (κ1) is 15.3. The van der Waals surface area contributed by atoms with E-state index >= 15 is 0 Å². The summed E-state index contributed by atoms with van der Waals surface area (Å²) in [6, 6.07) is 7.41. The molecule has 1 unspecified atom stereocenters. The molecule has 3 rings (SSSR count). The minimum atomic E-state index is -0.141. The third-order valence-corrected chi connectivity index (χ3v) is 3.69. The minimum Gasteiger partial charge on any atom is -0.492 e. The lowest BCUT2D eigenvalue weighted by Crippen LogP contribution is -2.40. The molecule has 1 fully saturated rings. The number of nitrogens with zero attached hydrogens (tertiary/aromatic N) is 3. The number of benzene rings is 1. The molecule has 1 aromatic carbocycles. The van der Waals surface area contributed by atoms with Gasteiger partial charge in [-0.25, -0.2) is 0 Å². The number of aromatic nitrogens is 2. The molecular weight excluding hydrogens is 306 g/mol. The molecule has 0 bridgehead atoms. The summed E-state index contributed by atoms with van der Waals surface area (Å²) in [5.41, 5.74) is 0. The van der Waals surface area contributed by atoms with Gasteiger partial charge in [-0.1, -0.05) is 22.8 Å². The van der Waals surface area contributed by atoms with Crippen LogP contribution in [0.1, 0.15) is 17.8 Å². The van der Waals surface area contributed by atoms with Crippen LogP contribution in [0.5, 0.6) is 5.75 Å². The molecule has 0 spiro atoms. The van der Waals surface area contributed by atoms with Crippen LogP contribution in [0.3, 0.4) is 0 Å². The summed E-state index contributed by atoms with van der Waals surface area (Å²) in [7, 11) is 0. The molecule has 1 atom stereocenters. The second-order valence-electron chi connectivity index (χ2n) is 5.14. The minimum absolute atomic E-state index is 0.141. The zero-order valence-electron chi connectivity index (χ0n) is 12.4. The average molecular weight is 324 g/mol. The van der Waals surface area contributed by atoms with Crippen molar-refractivity contribution in [1.82, 2.24) is 15.0 Å². The van der Waals surface area contributed by atoms with Gasteiger partial charge in [0.2, 0.25) is 11.7 Å². The zero-order chi connectivity index (χ0) is 15.4. The van der Waals surface area contributed by atoms with E-state index in [1.54, 1.807) is 6.92 Å². The Morgan fingerprint density at radius 3 is 3.14 bits per heavy atom. The number of morpholine rings is 1. The number of halogens is 1.